The summed E-state index contributed by atoms with van der Waals surface area (Å²) in [5, 5.41) is 3.09. The smallest absolute Gasteiger partial charge is 0.228 e. The maximum Gasteiger partial charge on any atom is 0.228 e. The number of rotatable bonds is 7. The molecule has 0 aliphatic heterocycles. The highest BCUT2D eigenvalue weighted by Gasteiger charge is 2.21. The van der Waals surface area contributed by atoms with E-state index in [2.05, 4.69) is 12.2 Å². The fourth-order valence-electron chi connectivity index (χ4n) is 3.26. The van der Waals surface area contributed by atoms with Crippen LogP contribution in [0.15, 0.2) is 42.6 Å². The molecule has 1 aromatic carbocycles. The topological polar surface area (TPSA) is 46.4 Å². The molecule has 142 valence electrons. The molecule has 1 atom stereocenters. The van der Waals surface area contributed by atoms with Crippen LogP contribution < -0.4 is 5.32 Å². The average molecular weight is 367 g/mol. The molecule has 1 amide bonds. The van der Waals surface area contributed by atoms with E-state index in [1.807, 2.05) is 36.6 Å². The standard InChI is InChI=1S/C22H26FN3O/c1-4-6-7-16(5-2)22(27)25-21-20(17-8-10-18(23)11-9-17)24-19-14-15(3)12-13-26(19)21/h8-14,16H,4-7H2,1-3H3,(H,25,27)/t16-/m0/s1. The lowest BCUT2D eigenvalue weighted by atomic mass is 9.98. The van der Waals surface area contributed by atoms with Crippen molar-refractivity contribution in [2.24, 2.45) is 5.92 Å². The van der Waals surface area contributed by atoms with Gasteiger partial charge in [-0.25, -0.2) is 9.37 Å². The highest BCUT2D eigenvalue weighted by molar-refractivity contribution is 5.96. The first kappa shape index (κ1) is 19.1. The van der Waals surface area contributed by atoms with Gasteiger partial charge in [-0.2, -0.15) is 0 Å². The van der Waals surface area contributed by atoms with E-state index in [0.29, 0.717) is 11.5 Å². The predicted molar refractivity (Wildman–Crippen MR) is 107 cm³/mol. The summed E-state index contributed by atoms with van der Waals surface area (Å²) in [5.74, 6) is 0.324. The van der Waals surface area contributed by atoms with Crippen LogP contribution in [0.2, 0.25) is 0 Å². The Labute approximate surface area is 159 Å². The Kier molecular flexibility index (Phi) is 5.89. The van der Waals surface area contributed by atoms with Gasteiger partial charge in [-0.15, -0.1) is 0 Å². The minimum atomic E-state index is -0.297. The highest BCUT2D eigenvalue weighted by atomic mass is 19.1. The Balaban J connectivity index is 2.02. The van der Waals surface area contributed by atoms with E-state index in [0.717, 1.165) is 42.5 Å². The number of nitrogens with one attached hydrogen (secondary N) is 1. The Morgan fingerprint density at radius 3 is 2.63 bits per heavy atom. The lowest BCUT2D eigenvalue weighted by Crippen LogP contribution is -2.23. The fourth-order valence-corrected chi connectivity index (χ4v) is 3.26. The second kappa shape index (κ2) is 8.33. The molecule has 0 saturated carbocycles. The van der Waals surface area contributed by atoms with Gasteiger partial charge in [0.05, 0.1) is 0 Å². The van der Waals surface area contributed by atoms with Crippen LogP contribution in [-0.2, 0) is 4.79 Å². The zero-order chi connectivity index (χ0) is 19.4. The van der Waals surface area contributed by atoms with Crippen molar-refractivity contribution in [1.29, 1.82) is 0 Å². The molecule has 0 spiro atoms. The number of hydrogen-bond acceptors (Lipinski definition) is 2. The van der Waals surface area contributed by atoms with Gasteiger partial charge in [0.2, 0.25) is 5.91 Å². The number of carbonyl (C=O) groups excluding carboxylic acids is 1. The van der Waals surface area contributed by atoms with Gasteiger partial charge in [0.1, 0.15) is 23.0 Å². The maximum atomic E-state index is 13.3. The number of fused-ring (bicyclic) bond motifs is 1. The molecule has 0 radical (unpaired) electrons. The van der Waals surface area contributed by atoms with Gasteiger partial charge in [-0.05, 0) is 61.7 Å². The van der Waals surface area contributed by atoms with Gasteiger partial charge in [-0.1, -0.05) is 26.7 Å². The second-order valence-electron chi connectivity index (χ2n) is 6.98. The van der Waals surface area contributed by atoms with E-state index in [1.165, 1.54) is 12.1 Å². The number of benzene rings is 1. The molecule has 3 rings (SSSR count). The Morgan fingerprint density at radius 2 is 1.96 bits per heavy atom. The van der Waals surface area contributed by atoms with Gasteiger partial charge >= 0.3 is 0 Å². The summed E-state index contributed by atoms with van der Waals surface area (Å²) in [6.07, 6.45) is 5.68. The van der Waals surface area contributed by atoms with Crippen molar-refractivity contribution in [2.45, 2.75) is 46.5 Å². The molecule has 2 heterocycles. The number of halogens is 1. The number of carbonyl (C=O) groups is 1. The molecule has 4 nitrogen and oxygen atoms in total. The SMILES string of the molecule is CCCC[C@H](CC)C(=O)Nc1c(-c2ccc(F)cc2)nc2cc(C)ccn12. The van der Waals surface area contributed by atoms with E-state index in [4.69, 9.17) is 4.98 Å². The molecule has 5 heteroatoms. The summed E-state index contributed by atoms with van der Waals surface area (Å²) in [6, 6.07) is 10.1. The minimum Gasteiger partial charge on any atom is -0.310 e. The molecule has 2 aromatic heterocycles. The van der Waals surface area contributed by atoms with Crippen molar-refractivity contribution < 1.29 is 9.18 Å². The lowest BCUT2D eigenvalue weighted by molar-refractivity contribution is -0.120. The van der Waals surface area contributed by atoms with Crippen molar-refractivity contribution in [3.63, 3.8) is 0 Å². The van der Waals surface area contributed by atoms with Crippen molar-refractivity contribution in [3.8, 4) is 11.3 Å². The number of hydrogen-bond donors (Lipinski definition) is 1. The Bertz CT molecular complexity index is 931. The van der Waals surface area contributed by atoms with Crippen molar-refractivity contribution in [3.05, 3.63) is 54.0 Å². The Hall–Kier alpha value is -2.69. The van der Waals surface area contributed by atoms with Crippen LogP contribution in [-0.4, -0.2) is 15.3 Å². The van der Waals surface area contributed by atoms with Crippen LogP contribution in [0.3, 0.4) is 0 Å². The summed E-state index contributed by atoms with van der Waals surface area (Å²) in [7, 11) is 0. The Morgan fingerprint density at radius 1 is 1.22 bits per heavy atom. The van der Waals surface area contributed by atoms with E-state index in [1.54, 1.807) is 12.1 Å². The van der Waals surface area contributed by atoms with E-state index < -0.39 is 0 Å². The summed E-state index contributed by atoms with van der Waals surface area (Å²) in [6.45, 7) is 6.17. The molecule has 27 heavy (non-hydrogen) atoms. The summed E-state index contributed by atoms with van der Waals surface area (Å²) in [5.41, 5.74) is 3.27. The number of aromatic nitrogens is 2. The normalized spacial score (nSPS) is 12.3. The third-order valence-corrected chi connectivity index (χ3v) is 4.91. The van der Waals surface area contributed by atoms with Gasteiger partial charge in [0, 0.05) is 17.7 Å². The minimum absolute atomic E-state index is 0.0108. The molecule has 0 fully saturated rings. The van der Waals surface area contributed by atoms with Crippen LogP contribution in [0.1, 0.15) is 45.1 Å². The summed E-state index contributed by atoms with van der Waals surface area (Å²) >= 11 is 0. The zero-order valence-electron chi connectivity index (χ0n) is 16.1. The predicted octanol–water partition coefficient (Wildman–Crippen LogP) is 5.60. The number of pyridine rings is 1. The second-order valence-corrected chi connectivity index (χ2v) is 6.98. The van der Waals surface area contributed by atoms with E-state index >= 15 is 0 Å². The summed E-state index contributed by atoms with van der Waals surface area (Å²) < 4.78 is 15.2. The highest BCUT2D eigenvalue weighted by Crippen LogP contribution is 2.30. The van der Waals surface area contributed by atoms with Crippen LogP contribution in [0.4, 0.5) is 10.2 Å². The largest absolute Gasteiger partial charge is 0.310 e. The first-order valence-corrected chi connectivity index (χ1v) is 9.59. The molecular weight excluding hydrogens is 341 g/mol. The monoisotopic (exact) mass is 367 g/mol. The molecule has 0 unspecified atom stereocenters. The first-order chi connectivity index (χ1) is 13.0. The number of aryl methyl sites for hydroxylation is 1. The van der Waals surface area contributed by atoms with Gasteiger partial charge in [0.15, 0.2) is 0 Å². The molecule has 0 aliphatic carbocycles. The third kappa shape index (κ3) is 4.18. The number of amides is 1. The molecule has 0 saturated heterocycles. The number of nitrogens with zero attached hydrogens (tertiary/aromatic N) is 2. The van der Waals surface area contributed by atoms with Crippen LogP contribution in [0.5, 0.6) is 0 Å². The van der Waals surface area contributed by atoms with Gasteiger partial charge < -0.3 is 5.32 Å². The van der Waals surface area contributed by atoms with Crippen LogP contribution in [0.25, 0.3) is 16.9 Å². The maximum absolute atomic E-state index is 13.3. The van der Waals surface area contributed by atoms with Gasteiger partial charge in [0.25, 0.3) is 0 Å². The number of anilines is 1. The lowest BCUT2D eigenvalue weighted by Gasteiger charge is -2.15. The molecular formula is C22H26FN3O. The average Bonchev–Trinajstić information content (AvgIpc) is 3.00. The van der Waals surface area contributed by atoms with Crippen molar-refractivity contribution in [2.75, 3.05) is 5.32 Å². The van der Waals surface area contributed by atoms with Crippen molar-refractivity contribution >= 4 is 17.4 Å². The van der Waals surface area contributed by atoms with Crippen LogP contribution in [0, 0.1) is 18.7 Å². The first-order valence-electron chi connectivity index (χ1n) is 9.59. The number of unbranched alkanes of at least 4 members (excludes halogenated alkanes) is 1. The summed E-state index contributed by atoms with van der Waals surface area (Å²) in [4.78, 5) is 17.6. The third-order valence-electron chi connectivity index (χ3n) is 4.91. The van der Waals surface area contributed by atoms with Crippen LogP contribution >= 0.6 is 0 Å². The molecule has 3 aromatic rings. The zero-order valence-corrected chi connectivity index (χ0v) is 16.1. The quantitative estimate of drug-likeness (QED) is 0.590. The molecule has 1 N–H and O–H groups in total. The van der Waals surface area contributed by atoms with E-state index in [9.17, 15) is 9.18 Å². The van der Waals surface area contributed by atoms with Gasteiger partial charge in [-0.3, -0.25) is 9.20 Å². The van der Waals surface area contributed by atoms with Crippen molar-refractivity contribution in [1.82, 2.24) is 9.38 Å². The fraction of sp³-hybridized carbons (Fsp3) is 0.364. The number of imidazole rings is 1. The van der Waals surface area contributed by atoms with E-state index in [-0.39, 0.29) is 17.6 Å². The molecule has 0 bridgehead atoms. The molecule has 0 aliphatic rings.